The van der Waals surface area contributed by atoms with Gasteiger partial charge in [0.2, 0.25) is 0 Å². The molecule has 4 heteroatoms. The summed E-state index contributed by atoms with van der Waals surface area (Å²) in [6, 6.07) is 17.3. The fourth-order valence-electron chi connectivity index (χ4n) is 2.71. The number of nitrogens with zero attached hydrogens (tertiary/aromatic N) is 1. The lowest BCUT2D eigenvalue weighted by Gasteiger charge is -2.33. The highest BCUT2D eigenvalue weighted by molar-refractivity contribution is 5.75. The van der Waals surface area contributed by atoms with Crippen LogP contribution in [0.5, 0.6) is 0 Å². The Labute approximate surface area is 138 Å². The van der Waals surface area contributed by atoms with E-state index < -0.39 is 0 Å². The third-order valence-electron chi connectivity index (χ3n) is 3.82. The zero-order valence-corrected chi connectivity index (χ0v) is 14.0. The molecule has 1 N–H and O–H groups in total. The first-order valence-corrected chi connectivity index (χ1v) is 7.51. The van der Waals surface area contributed by atoms with E-state index in [1.165, 1.54) is 22.5 Å². The Morgan fingerprint density at radius 3 is 1.83 bits per heavy atom. The van der Waals surface area contributed by atoms with Crippen LogP contribution in [0.15, 0.2) is 48.5 Å². The highest BCUT2D eigenvalue weighted by Crippen LogP contribution is 2.43. The lowest BCUT2D eigenvalue weighted by molar-refractivity contribution is -0.0979. The number of aliphatic hydroxyl groups is 1. The molecule has 0 saturated carbocycles. The van der Waals surface area contributed by atoms with Crippen molar-refractivity contribution in [3.05, 3.63) is 59.7 Å². The molecular weight excluding hydrogens is 290 g/mol. The lowest BCUT2D eigenvalue weighted by atomic mass is 9.86. The predicted molar refractivity (Wildman–Crippen MR) is 94.5 cm³/mol. The summed E-state index contributed by atoms with van der Waals surface area (Å²) in [5, 5.41) is 7.94. The first-order chi connectivity index (χ1) is 11.2. The van der Waals surface area contributed by atoms with Crippen molar-refractivity contribution in [2.45, 2.75) is 12.8 Å². The van der Waals surface area contributed by atoms with E-state index in [1.54, 1.807) is 7.11 Å². The van der Waals surface area contributed by atoms with Crippen LogP contribution in [0.3, 0.4) is 0 Å². The zero-order valence-electron chi connectivity index (χ0n) is 14.0. The number of aliphatic hydroxyl groups excluding tert-OH is 1. The van der Waals surface area contributed by atoms with Gasteiger partial charge in [-0.15, -0.1) is 0 Å². The SMILES string of the molecule is C=O.CC1c2ccccc2N(C)c2ccccc21.COCCO. The molecule has 1 aliphatic rings. The van der Waals surface area contributed by atoms with E-state index in [1.807, 2.05) is 6.79 Å². The monoisotopic (exact) mass is 315 g/mol. The molecule has 0 radical (unpaired) electrons. The summed E-state index contributed by atoms with van der Waals surface area (Å²) in [4.78, 5) is 10.3. The van der Waals surface area contributed by atoms with Gasteiger partial charge in [0.1, 0.15) is 6.79 Å². The van der Waals surface area contributed by atoms with E-state index >= 15 is 0 Å². The van der Waals surface area contributed by atoms with Crippen LogP contribution in [0.4, 0.5) is 11.4 Å². The number of hydrogen-bond acceptors (Lipinski definition) is 4. The molecule has 124 valence electrons. The highest BCUT2D eigenvalue weighted by atomic mass is 16.5. The molecule has 1 heterocycles. The van der Waals surface area contributed by atoms with Crippen LogP contribution < -0.4 is 4.90 Å². The third kappa shape index (κ3) is 4.41. The molecule has 0 bridgehead atoms. The fraction of sp³-hybridized carbons (Fsp3) is 0.316. The van der Waals surface area contributed by atoms with E-state index in [2.05, 4.69) is 72.1 Å². The number of para-hydroxylation sites is 2. The van der Waals surface area contributed by atoms with Gasteiger partial charge in [-0.05, 0) is 23.3 Å². The van der Waals surface area contributed by atoms with Gasteiger partial charge in [-0.3, -0.25) is 0 Å². The van der Waals surface area contributed by atoms with Crippen molar-refractivity contribution in [1.82, 2.24) is 0 Å². The van der Waals surface area contributed by atoms with Gasteiger partial charge in [0.15, 0.2) is 0 Å². The van der Waals surface area contributed by atoms with Crippen LogP contribution in [0.25, 0.3) is 0 Å². The minimum Gasteiger partial charge on any atom is -0.394 e. The van der Waals surface area contributed by atoms with Crippen molar-refractivity contribution in [3.63, 3.8) is 0 Å². The van der Waals surface area contributed by atoms with E-state index in [4.69, 9.17) is 9.90 Å². The van der Waals surface area contributed by atoms with Crippen molar-refractivity contribution < 1.29 is 14.6 Å². The van der Waals surface area contributed by atoms with Crippen LogP contribution >= 0.6 is 0 Å². The van der Waals surface area contributed by atoms with Crippen LogP contribution in [0, 0.1) is 0 Å². The number of anilines is 2. The number of ether oxygens (including phenoxy) is 1. The second kappa shape index (κ2) is 9.77. The first-order valence-electron chi connectivity index (χ1n) is 7.51. The maximum absolute atomic E-state index is 8.00. The Bertz CT molecular complexity index is 503. The van der Waals surface area contributed by atoms with Gasteiger partial charge < -0.3 is 19.5 Å². The Morgan fingerprint density at radius 1 is 1.04 bits per heavy atom. The summed E-state index contributed by atoms with van der Waals surface area (Å²) in [5.74, 6) is 0.489. The molecule has 0 saturated heterocycles. The molecule has 0 spiro atoms. The molecule has 0 aliphatic carbocycles. The van der Waals surface area contributed by atoms with Crippen molar-refractivity contribution in [1.29, 1.82) is 0 Å². The maximum atomic E-state index is 8.00. The average molecular weight is 315 g/mol. The number of fused-ring (bicyclic) bond motifs is 2. The normalized spacial score (nSPS) is 12.1. The second-order valence-corrected chi connectivity index (χ2v) is 5.11. The third-order valence-corrected chi connectivity index (χ3v) is 3.82. The van der Waals surface area contributed by atoms with E-state index in [-0.39, 0.29) is 6.61 Å². The molecule has 0 atom stereocenters. The standard InChI is InChI=1S/C15H15N.C3H8O2.CH2O/c1-11-12-7-3-5-9-14(12)16(2)15-10-6-4-8-13(11)15;1-5-3-2-4;1-2/h3-11H,1-2H3;4H,2-3H2,1H3;1H2. The van der Waals surface area contributed by atoms with Crippen LogP contribution in [0.2, 0.25) is 0 Å². The minimum atomic E-state index is 0.122. The van der Waals surface area contributed by atoms with Crippen molar-refractivity contribution >= 4 is 18.2 Å². The van der Waals surface area contributed by atoms with Crippen molar-refractivity contribution in [3.8, 4) is 0 Å². The topological polar surface area (TPSA) is 49.8 Å². The molecule has 0 aromatic heterocycles. The largest absolute Gasteiger partial charge is 0.394 e. The van der Waals surface area contributed by atoms with E-state index in [9.17, 15) is 0 Å². The molecule has 3 rings (SSSR count). The molecule has 0 amide bonds. The molecule has 1 aliphatic heterocycles. The van der Waals surface area contributed by atoms with E-state index in [0.717, 1.165) is 0 Å². The summed E-state index contributed by atoms with van der Waals surface area (Å²) < 4.78 is 4.44. The quantitative estimate of drug-likeness (QED) is 0.923. The Hall–Kier alpha value is -2.17. The van der Waals surface area contributed by atoms with Crippen LogP contribution in [-0.2, 0) is 9.53 Å². The molecule has 2 aromatic carbocycles. The summed E-state index contributed by atoms with van der Waals surface area (Å²) in [6.07, 6.45) is 0. The zero-order chi connectivity index (χ0) is 17.2. The molecule has 2 aromatic rings. The van der Waals surface area contributed by atoms with Crippen molar-refractivity contribution in [2.75, 3.05) is 32.3 Å². The molecule has 23 heavy (non-hydrogen) atoms. The number of rotatable bonds is 2. The first kappa shape index (κ1) is 18.9. The van der Waals surface area contributed by atoms with Gasteiger partial charge in [-0.25, -0.2) is 0 Å². The van der Waals surface area contributed by atoms with Gasteiger partial charge in [-0.2, -0.15) is 0 Å². The summed E-state index contributed by atoms with van der Waals surface area (Å²) >= 11 is 0. The smallest absolute Gasteiger partial charge is 0.106 e. The summed E-state index contributed by atoms with van der Waals surface area (Å²) in [6.45, 7) is 4.85. The van der Waals surface area contributed by atoms with E-state index in [0.29, 0.717) is 12.5 Å². The van der Waals surface area contributed by atoms with Gasteiger partial charge in [-0.1, -0.05) is 43.3 Å². The highest BCUT2D eigenvalue weighted by Gasteiger charge is 2.24. The van der Waals surface area contributed by atoms with Gasteiger partial charge in [0.05, 0.1) is 13.2 Å². The van der Waals surface area contributed by atoms with Gasteiger partial charge >= 0.3 is 0 Å². The summed E-state index contributed by atoms with van der Waals surface area (Å²) in [5.41, 5.74) is 5.50. The summed E-state index contributed by atoms with van der Waals surface area (Å²) in [7, 11) is 3.69. The number of carbonyl (C=O) groups is 1. The van der Waals surface area contributed by atoms with Crippen LogP contribution in [0.1, 0.15) is 24.0 Å². The Kier molecular flexibility index (Phi) is 8.02. The Morgan fingerprint density at radius 2 is 1.48 bits per heavy atom. The minimum absolute atomic E-state index is 0.122. The molecule has 0 unspecified atom stereocenters. The average Bonchev–Trinajstić information content (AvgIpc) is 2.63. The lowest BCUT2D eigenvalue weighted by Crippen LogP contribution is -2.20. The number of hydrogen-bond donors (Lipinski definition) is 1. The molecule has 0 fully saturated rings. The molecule has 4 nitrogen and oxygen atoms in total. The van der Waals surface area contributed by atoms with Crippen molar-refractivity contribution in [2.24, 2.45) is 0 Å². The van der Waals surface area contributed by atoms with Gasteiger partial charge in [0.25, 0.3) is 0 Å². The maximum Gasteiger partial charge on any atom is 0.106 e. The number of carbonyl (C=O) groups excluding carboxylic acids is 1. The second-order valence-electron chi connectivity index (χ2n) is 5.11. The fourth-order valence-corrected chi connectivity index (χ4v) is 2.71. The molecular formula is C19H25NO3. The number of benzene rings is 2. The number of methoxy groups -OCH3 is 1. The Balaban J connectivity index is 0.000000327. The predicted octanol–water partition coefficient (Wildman–Crippen LogP) is 3.36. The van der Waals surface area contributed by atoms with Crippen LogP contribution in [-0.4, -0.2) is 39.3 Å². The van der Waals surface area contributed by atoms with Gasteiger partial charge in [0, 0.05) is 31.5 Å².